The molecule has 138 valence electrons. The Hall–Kier alpha value is -0.570. The van der Waals surface area contributed by atoms with Crippen molar-refractivity contribution in [1.82, 2.24) is 0 Å². The molecule has 0 N–H and O–H groups in total. The summed E-state index contributed by atoms with van der Waals surface area (Å²) in [7, 11) is 0. The zero-order valence-electron chi connectivity index (χ0n) is 16.7. The minimum Gasteiger partial charge on any atom is -0.298 e. The SMILES string of the molecule is CCC(C)(CCCC(C)C)OOC(=O)CCCCCC(C)(C)C. The van der Waals surface area contributed by atoms with E-state index >= 15 is 0 Å². The van der Waals surface area contributed by atoms with Gasteiger partial charge in [-0.1, -0.05) is 67.2 Å². The van der Waals surface area contributed by atoms with Crippen LogP contribution < -0.4 is 0 Å². The van der Waals surface area contributed by atoms with Gasteiger partial charge >= 0.3 is 5.97 Å². The lowest BCUT2D eigenvalue weighted by Crippen LogP contribution is -2.29. The van der Waals surface area contributed by atoms with Crippen LogP contribution in [0.5, 0.6) is 0 Å². The van der Waals surface area contributed by atoms with E-state index < -0.39 is 0 Å². The Morgan fingerprint density at radius 3 is 2.13 bits per heavy atom. The van der Waals surface area contributed by atoms with Crippen molar-refractivity contribution in [3.63, 3.8) is 0 Å². The van der Waals surface area contributed by atoms with Gasteiger partial charge in [0.25, 0.3) is 0 Å². The maximum atomic E-state index is 11.8. The molecule has 0 heterocycles. The largest absolute Gasteiger partial charge is 0.342 e. The molecule has 0 aromatic carbocycles. The lowest BCUT2D eigenvalue weighted by atomic mass is 9.89. The van der Waals surface area contributed by atoms with Gasteiger partial charge in [-0.2, -0.15) is 4.89 Å². The first-order valence-corrected chi connectivity index (χ1v) is 9.46. The smallest absolute Gasteiger partial charge is 0.298 e. The van der Waals surface area contributed by atoms with E-state index in [-0.39, 0.29) is 11.6 Å². The Morgan fingerprint density at radius 2 is 1.61 bits per heavy atom. The van der Waals surface area contributed by atoms with E-state index in [0.717, 1.165) is 32.1 Å². The highest BCUT2D eigenvalue weighted by Gasteiger charge is 2.26. The summed E-state index contributed by atoms with van der Waals surface area (Å²) in [6, 6.07) is 0. The van der Waals surface area contributed by atoms with Gasteiger partial charge in [-0.25, -0.2) is 4.79 Å². The van der Waals surface area contributed by atoms with Crippen LogP contribution in [0.2, 0.25) is 0 Å². The molecular formula is C20H40O3. The second-order valence-corrected chi connectivity index (χ2v) is 8.75. The predicted octanol–water partition coefficient (Wildman–Crippen LogP) is 6.45. The fourth-order valence-electron chi connectivity index (χ4n) is 2.45. The van der Waals surface area contributed by atoms with Crippen LogP contribution in [0.25, 0.3) is 0 Å². The molecule has 0 aliphatic carbocycles. The van der Waals surface area contributed by atoms with E-state index in [1.54, 1.807) is 0 Å². The first-order valence-electron chi connectivity index (χ1n) is 9.46. The molecule has 1 unspecified atom stereocenters. The highest BCUT2D eigenvalue weighted by molar-refractivity contribution is 5.68. The maximum Gasteiger partial charge on any atom is 0.342 e. The summed E-state index contributed by atoms with van der Waals surface area (Å²) in [5.74, 6) is 0.469. The lowest BCUT2D eigenvalue weighted by molar-refractivity contribution is -0.331. The summed E-state index contributed by atoms with van der Waals surface area (Å²) >= 11 is 0. The zero-order valence-corrected chi connectivity index (χ0v) is 16.7. The molecule has 0 radical (unpaired) electrons. The van der Waals surface area contributed by atoms with Crippen molar-refractivity contribution in [2.24, 2.45) is 11.3 Å². The van der Waals surface area contributed by atoms with Gasteiger partial charge in [0.1, 0.15) is 5.60 Å². The number of hydrogen-bond acceptors (Lipinski definition) is 3. The molecule has 0 saturated heterocycles. The van der Waals surface area contributed by atoms with E-state index in [0.29, 0.717) is 17.8 Å². The van der Waals surface area contributed by atoms with Crippen molar-refractivity contribution >= 4 is 5.97 Å². The lowest BCUT2D eigenvalue weighted by Gasteiger charge is -2.26. The fraction of sp³-hybridized carbons (Fsp3) is 0.950. The van der Waals surface area contributed by atoms with E-state index in [2.05, 4.69) is 41.5 Å². The van der Waals surface area contributed by atoms with Crippen LogP contribution >= 0.6 is 0 Å². The summed E-state index contributed by atoms with van der Waals surface area (Å²) < 4.78 is 0. The van der Waals surface area contributed by atoms with Crippen molar-refractivity contribution in [2.45, 2.75) is 112 Å². The van der Waals surface area contributed by atoms with Crippen molar-refractivity contribution < 1.29 is 14.6 Å². The van der Waals surface area contributed by atoms with Gasteiger partial charge in [-0.05, 0) is 43.9 Å². The van der Waals surface area contributed by atoms with Crippen LogP contribution in [0.4, 0.5) is 0 Å². The third kappa shape index (κ3) is 13.6. The summed E-state index contributed by atoms with van der Waals surface area (Å²) in [4.78, 5) is 22.3. The molecule has 0 aliphatic heterocycles. The molecule has 23 heavy (non-hydrogen) atoms. The number of unbranched alkanes of at least 4 members (excludes halogenated alkanes) is 2. The van der Waals surface area contributed by atoms with Crippen LogP contribution in [0.1, 0.15) is 106 Å². The third-order valence-electron chi connectivity index (χ3n) is 4.38. The number of rotatable bonds is 12. The Kier molecular flexibility index (Phi) is 10.8. The van der Waals surface area contributed by atoms with E-state index in [9.17, 15) is 4.79 Å². The maximum absolute atomic E-state index is 11.8. The van der Waals surface area contributed by atoms with Crippen molar-refractivity contribution in [3.8, 4) is 0 Å². The first-order chi connectivity index (χ1) is 10.6. The van der Waals surface area contributed by atoms with Gasteiger partial charge < -0.3 is 0 Å². The Balaban J connectivity index is 3.87. The molecule has 0 aromatic rings. The molecule has 0 rings (SSSR count). The van der Waals surface area contributed by atoms with Crippen LogP contribution in [-0.4, -0.2) is 11.6 Å². The summed E-state index contributed by atoms with van der Waals surface area (Å²) in [5, 5.41) is 0. The van der Waals surface area contributed by atoms with Crippen LogP contribution in [0.3, 0.4) is 0 Å². The van der Waals surface area contributed by atoms with Gasteiger partial charge in [0.05, 0.1) is 0 Å². The van der Waals surface area contributed by atoms with E-state index in [4.69, 9.17) is 9.78 Å². The normalized spacial score (nSPS) is 14.8. The minimum atomic E-state index is -0.350. The van der Waals surface area contributed by atoms with Gasteiger partial charge in [0.2, 0.25) is 0 Å². The summed E-state index contributed by atoms with van der Waals surface area (Å²) in [6.45, 7) is 15.3. The first kappa shape index (κ1) is 22.4. The summed E-state index contributed by atoms with van der Waals surface area (Å²) in [5.41, 5.74) is 0.0271. The van der Waals surface area contributed by atoms with Crippen molar-refractivity contribution in [3.05, 3.63) is 0 Å². The standard InChI is InChI=1S/C20H40O3/c1-8-20(7,16-12-13-17(2)3)23-22-18(21)14-10-9-11-15-19(4,5)6/h17H,8-16H2,1-7H3. The second-order valence-electron chi connectivity index (χ2n) is 8.75. The molecule has 3 nitrogen and oxygen atoms in total. The molecular weight excluding hydrogens is 288 g/mol. The number of carbonyl (C=O) groups excluding carboxylic acids is 1. The Bertz CT molecular complexity index is 317. The summed E-state index contributed by atoms with van der Waals surface area (Å²) in [6.07, 6.45) is 8.84. The van der Waals surface area contributed by atoms with Crippen LogP contribution in [0, 0.1) is 11.3 Å². The number of hydrogen-bond donors (Lipinski definition) is 0. The number of carbonyl (C=O) groups is 1. The van der Waals surface area contributed by atoms with E-state index in [1.807, 2.05) is 6.92 Å². The van der Waals surface area contributed by atoms with Crippen molar-refractivity contribution in [1.29, 1.82) is 0 Å². The minimum absolute atomic E-state index is 0.232. The molecule has 0 aliphatic rings. The predicted molar refractivity (Wildman–Crippen MR) is 97.1 cm³/mol. The second kappa shape index (κ2) is 11.1. The molecule has 0 spiro atoms. The van der Waals surface area contributed by atoms with Gasteiger partial charge in [-0.15, -0.1) is 0 Å². The van der Waals surface area contributed by atoms with Gasteiger partial charge in [0.15, 0.2) is 0 Å². The average Bonchev–Trinajstić information content (AvgIpc) is 2.43. The average molecular weight is 329 g/mol. The van der Waals surface area contributed by atoms with Crippen LogP contribution in [-0.2, 0) is 14.6 Å². The molecule has 0 saturated carbocycles. The van der Waals surface area contributed by atoms with E-state index in [1.165, 1.54) is 19.3 Å². The molecule has 1 atom stereocenters. The van der Waals surface area contributed by atoms with Crippen molar-refractivity contribution in [2.75, 3.05) is 0 Å². The molecule has 0 fully saturated rings. The Morgan fingerprint density at radius 1 is 0.957 bits per heavy atom. The molecule has 3 heteroatoms. The monoisotopic (exact) mass is 328 g/mol. The molecule has 0 aromatic heterocycles. The third-order valence-corrected chi connectivity index (χ3v) is 4.38. The molecule has 0 bridgehead atoms. The fourth-order valence-corrected chi connectivity index (χ4v) is 2.45. The van der Waals surface area contributed by atoms with Crippen LogP contribution in [0.15, 0.2) is 0 Å². The van der Waals surface area contributed by atoms with Gasteiger partial charge in [0, 0.05) is 6.42 Å². The topological polar surface area (TPSA) is 35.5 Å². The highest BCUT2D eigenvalue weighted by atomic mass is 17.2. The zero-order chi connectivity index (χ0) is 17.9. The quantitative estimate of drug-likeness (QED) is 0.234. The van der Waals surface area contributed by atoms with Gasteiger partial charge in [-0.3, -0.25) is 4.89 Å². The molecule has 0 amide bonds. The Labute approximate surface area is 144 Å². The highest BCUT2D eigenvalue weighted by Crippen LogP contribution is 2.25.